The molecule has 1 aromatic heterocycles. The molecule has 1 amide bonds. The molecule has 0 unspecified atom stereocenters. The molecule has 1 saturated heterocycles. The van der Waals surface area contributed by atoms with Crippen molar-refractivity contribution in [2.45, 2.75) is 0 Å². The summed E-state index contributed by atoms with van der Waals surface area (Å²) in [7, 11) is 3.74. The zero-order valence-electron chi connectivity index (χ0n) is 14.1. The fraction of sp³-hybridized carbons (Fsp3) is 0.333. The minimum absolute atomic E-state index is 0.743. The van der Waals surface area contributed by atoms with E-state index in [1.54, 1.807) is 11.9 Å². The molecule has 0 aliphatic carbocycles. The largest absolute Gasteiger partial charge is 0.378 e. The van der Waals surface area contributed by atoms with E-state index >= 15 is 0 Å². The molecule has 0 spiro atoms. The number of hydrogen-bond acceptors (Lipinski definition) is 5. The van der Waals surface area contributed by atoms with Crippen molar-refractivity contribution in [2.75, 3.05) is 55.1 Å². The van der Waals surface area contributed by atoms with Gasteiger partial charge in [-0.3, -0.25) is 9.78 Å². The van der Waals surface area contributed by atoms with Crippen LogP contribution in [-0.4, -0.2) is 51.8 Å². The van der Waals surface area contributed by atoms with E-state index in [0.717, 1.165) is 55.5 Å². The fourth-order valence-electron chi connectivity index (χ4n) is 2.84. The van der Waals surface area contributed by atoms with Gasteiger partial charge in [-0.2, -0.15) is 0 Å². The predicted octanol–water partition coefficient (Wildman–Crippen LogP) is 2.28. The third-order valence-corrected chi connectivity index (χ3v) is 4.25. The maximum atomic E-state index is 11.2. The Kier molecular flexibility index (Phi) is 4.96. The molecular weight excluding hydrogens is 304 g/mol. The van der Waals surface area contributed by atoms with Gasteiger partial charge in [0.25, 0.3) is 0 Å². The second-order valence-electron chi connectivity index (χ2n) is 5.76. The summed E-state index contributed by atoms with van der Waals surface area (Å²) in [5.74, 6) is 0. The molecule has 0 N–H and O–H groups in total. The number of amides is 1. The van der Waals surface area contributed by atoms with Crippen molar-refractivity contribution < 1.29 is 9.53 Å². The number of carbonyl (C=O) groups is 1. The third kappa shape index (κ3) is 3.33. The molecule has 0 bridgehead atoms. The smallest absolute Gasteiger partial charge is 0.213 e. The number of anilines is 4. The molecule has 24 heavy (non-hydrogen) atoms. The molecule has 1 aliphatic rings. The van der Waals surface area contributed by atoms with Gasteiger partial charge in [-0.15, -0.1) is 0 Å². The van der Waals surface area contributed by atoms with Gasteiger partial charge in [0.1, 0.15) is 0 Å². The zero-order chi connectivity index (χ0) is 16.9. The van der Waals surface area contributed by atoms with Crippen LogP contribution in [0.4, 0.5) is 22.7 Å². The first-order valence-corrected chi connectivity index (χ1v) is 7.99. The van der Waals surface area contributed by atoms with Crippen molar-refractivity contribution >= 4 is 29.2 Å². The van der Waals surface area contributed by atoms with Gasteiger partial charge in [0.15, 0.2) is 0 Å². The van der Waals surface area contributed by atoms with E-state index in [-0.39, 0.29) is 0 Å². The molecule has 2 heterocycles. The van der Waals surface area contributed by atoms with Gasteiger partial charge in [0.2, 0.25) is 6.41 Å². The quantitative estimate of drug-likeness (QED) is 0.789. The lowest BCUT2D eigenvalue weighted by Crippen LogP contribution is -2.36. The van der Waals surface area contributed by atoms with Gasteiger partial charge >= 0.3 is 0 Å². The normalized spacial score (nSPS) is 14.3. The van der Waals surface area contributed by atoms with Crippen LogP contribution in [0.2, 0.25) is 0 Å². The van der Waals surface area contributed by atoms with Crippen molar-refractivity contribution in [2.24, 2.45) is 0 Å². The summed E-state index contributed by atoms with van der Waals surface area (Å²) in [5, 5.41) is 0. The highest BCUT2D eigenvalue weighted by atomic mass is 16.5. The summed E-state index contributed by atoms with van der Waals surface area (Å²) in [6.45, 7) is 3.23. The molecule has 6 nitrogen and oxygen atoms in total. The third-order valence-electron chi connectivity index (χ3n) is 4.25. The minimum atomic E-state index is 0.743. The van der Waals surface area contributed by atoms with Gasteiger partial charge in [-0.05, 0) is 18.2 Å². The molecular formula is C18H22N4O2. The molecule has 3 rings (SSSR count). The Morgan fingerprint density at radius 1 is 1.12 bits per heavy atom. The van der Waals surface area contributed by atoms with Gasteiger partial charge in [0, 0.05) is 27.2 Å². The van der Waals surface area contributed by atoms with E-state index in [1.807, 2.05) is 48.6 Å². The first kappa shape index (κ1) is 16.3. The molecule has 1 aromatic carbocycles. The van der Waals surface area contributed by atoms with Crippen molar-refractivity contribution in [1.29, 1.82) is 0 Å². The van der Waals surface area contributed by atoms with Crippen LogP contribution in [-0.2, 0) is 9.53 Å². The number of morpholine rings is 1. The standard InChI is InChI=1S/C18H22N4O2/c1-20(14-23)17-5-3-4-6-18(17)21(2)15-11-16(13-19-12-15)22-7-9-24-10-8-22/h3-6,11-14H,7-10H2,1-2H3. The van der Waals surface area contributed by atoms with Crippen LogP contribution in [0.3, 0.4) is 0 Å². The number of benzene rings is 1. The van der Waals surface area contributed by atoms with Gasteiger partial charge in [-0.25, -0.2) is 0 Å². The molecule has 126 valence electrons. The van der Waals surface area contributed by atoms with Crippen molar-refractivity contribution in [1.82, 2.24) is 4.98 Å². The number of rotatable bonds is 5. The van der Waals surface area contributed by atoms with Crippen molar-refractivity contribution in [3.05, 3.63) is 42.7 Å². The highest BCUT2D eigenvalue weighted by Crippen LogP contribution is 2.33. The summed E-state index contributed by atoms with van der Waals surface area (Å²) in [5.41, 5.74) is 3.87. The molecule has 0 saturated carbocycles. The zero-order valence-corrected chi connectivity index (χ0v) is 14.1. The maximum Gasteiger partial charge on any atom is 0.213 e. The van der Waals surface area contributed by atoms with Crippen LogP contribution >= 0.6 is 0 Å². The Balaban J connectivity index is 1.90. The number of nitrogens with zero attached hydrogens (tertiary/aromatic N) is 4. The van der Waals surface area contributed by atoms with Crippen LogP contribution in [0.15, 0.2) is 42.7 Å². The maximum absolute atomic E-state index is 11.2. The van der Waals surface area contributed by atoms with Crippen LogP contribution in [0.5, 0.6) is 0 Å². The fourth-order valence-corrected chi connectivity index (χ4v) is 2.84. The van der Waals surface area contributed by atoms with E-state index in [2.05, 4.69) is 16.0 Å². The topological polar surface area (TPSA) is 48.9 Å². The Hall–Kier alpha value is -2.60. The molecule has 0 atom stereocenters. The van der Waals surface area contributed by atoms with E-state index in [4.69, 9.17) is 4.74 Å². The first-order chi connectivity index (χ1) is 11.7. The molecule has 6 heteroatoms. The van der Waals surface area contributed by atoms with Crippen LogP contribution in [0.25, 0.3) is 0 Å². The highest BCUT2D eigenvalue weighted by Gasteiger charge is 2.15. The average molecular weight is 326 g/mol. The monoisotopic (exact) mass is 326 g/mol. The Morgan fingerprint density at radius 2 is 1.83 bits per heavy atom. The van der Waals surface area contributed by atoms with Gasteiger partial charge < -0.3 is 19.4 Å². The van der Waals surface area contributed by atoms with E-state index in [0.29, 0.717) is 0 Å². The summed E-state index contributed by atoms with van der Waals surface area (Å²) >= 11 is 0. The number of para-hydroxylation sites is 2. The number of pyridine rings is 1. The number of ether oxygens (including phenoxy) is 1. The average Bonchev–Trinajstić information content (AvgIpc) is 2.67. The Bertz CT molecular complexity index is 701. The lowest BCUT2D eigenvalue weighted by Gasteiger charge is -2.30. The molecule has 1 aliphatic heterocycles. The number of carbonyl (C=O) groups excluding carboxylic acids is 1. The lowest BCUT2D eigenvalue weighted by molar-refractivity contribution is -0.107. The van der Waals surface area contributed by atoms with E-state index in [1.165, 1.54) is 0 Å². The highest BCUT2D eigenvalue weighted by molar-refractivity contribution is 5.85. The molecule has 1 fully saturated rings. The second-order valence-corrected chi connectivity index (χ2v) is 5.76. The van der Waals surface area contributed by atoms with Gasteiger partial charge in [-0.1, -0.05) is 12.1 Å². The predicted molar refractivity (Wildman–Crippen MR) is 96.2 cm³/mol. The molecule has 2 aromatic rings. The first-order valence-electron chi connectivity index (χ1n) is 7.99. The summed E-state index contributed by atoms with van der Waals surface area (Å²) in [6.07, 6.45) is 4.53. The summed E-state index contributed by atoms with van der Waals surface area (Å²) < 4.78 is 5.41. The number of aromatic nitrogens is 1. The van der Waals surface area contributed by atoms with Crippen molar-refractivity contribution in [3.8, 4) is 0 Å². The molecule has 0 radical (unpaired) electrons. The van der Waals surface area contributed by atoms with E-state index in [9.17, 15) is 4.79 Å². The van der Waals surface area contributed by atoms with Gasteiger partial charge in [0.05, 0.1) is 48.4 Å². The Morgan fingerprint density at radius 3 is 2.54 bits per heavy atom. The Labute approximate surface area is 142 Å². The number of hydrogen-bond donors (Lipinski definition) is 0. The van der Waals surface area contributed by atoms with Crippen LogP contribution in [0.1, 0.15) is 0 Å². The SMILES string of the molecule is CN(C=O)c1ccccc1N(C)c1cncc(N2CCOCC2)c1. The van der Waals surface area contributed by atoms with Crippen molar-refractivity contribution in [3.63, 3.8) is 0 Å². The lowest BCUT2D eigenvalue weighted by atomic mass is 10.2. The summed E-state index contributed by atoms with van der Waals surface area (Å²) in [6, 6.07) is 9.94. The second kappa shape index (κ2) is 7.31. The van der Waals surface area contributed by atoms with Crippen LogP contribution < -0.4 is 14.7 Å². The van der Waals surface area contributed by atoms with E-state index < -0.39 is 0 Å². The minimum Gasteiger partial charge on any atom is -0.378 e. The van der Waals surface area contributed by atoms with Crippen LogP contribution in [0, 0.1) is 0 Å². The summed E-state index contributed by atoms with van der Waals surface area (Å²) in [4.78, 5) is 21.4.